The first-order valence-corrected chi connectivity index (χ1v) is 37.2. The molecule has 506 valence electrons. The van der Waals surface area contributed by atoms with E-state index < -0.39 is 97.5 Å². The molecule has 0 saturated carbocycles. The molecule has 0 bridgehead atoms. The van der Waals surface area contributed by atoms with Crippen molar-refractivity contribution >= 4 is 39.5 Å². The predicted octanol–water partition coefficient (Wildman–Crippen LogP) is 18.2. The summed E-state index contributed by atoms with van der Waals surface area (Å²) in [7, 11) is -9.91. The highest BCUT2D eigenvalue weighted by atomic mass is 31.2. The highest BCUT2D eigenvalue weighted by molar-refractivity contribution is 7.47. The van der Waals surface area contributed by atoms with Crippen LogP contribution in [0.1, 0.15) is 305 Å². The van der Waals surface area contributed by atoms with Gasteiger partial charge in [-0.3, -0.25) is 37.3 Å². The molecule has 0 aromatic heterocycles. The van der Waals surface area contributed by atoms with Crippen LogP contribution < -0.4 is 0 Å². The molecule has 19 heteroatoms. The Hall–Kier alpha value is -2.46. The van der Waals surface area contributed by atoms with Gasteiger partial charge in [0, 0.05) is 25.7 Å². The molecule has 0 radical (unpaired) electrons. The van der Waals surface area contributed by atoms with E-state index >= 15 is 0 Å². The fraction of sp³-hybridized carbons (Fsp3) is 0.881. The second kappa shape index (κ2) is 57.7. The van der Waals surface area contributed by atoms with Gasteiger partial charge in [-0.05, 0) is 69.1 Å². The van der Waals surface area contributed by atoms with E-state index in [0.717, 1.165) is 127 Å². The van der Waals surface area contributed by atoms with Crippen molar-refractivity contribution in [3.05, 3.63) is 24.3 Å². The molecule has 0 aliphatic rings. The fourth-order valence-corrected chi connectivity index (χ4v) is 11.0. The van der Waals surface area contributed by atoms with Gasteiger partial charge in [0.05, 0.1) is 26.4 Å². The Kier molecular flexibility index (Phi) is 56.0. The van der Waals surface area contributed by atoms with Crippen LogP contribution in [0.3, 0.4) is 0 Å². The van der Waals surface area contributed by atoms with E-state index in [4.69, 9.17) is 37.0 Å². The summed E-state index contributed by atoms with van der Waals surface area (Å²) in [5, 5.41) is 10.6. The number of aliphatic hydroxyl groups excluding tert-OH is 1. The average molecular weight is 1270 g/mol. The van der Waals surface area contributed by atoms with Crippen molar-refractivity contribution in [2.75, 3.05) is 39.6 Å². The second-order valence-corrected chi connectivity index (χ2v) is 27.4. The Bertz CT molecular complexity index is 1800. The van der Waals surface area contributed by atoms with Crippen LogP contribution in [0, 0.1) is 17.8 Å². The number of carbonyl (C=O) groups excluding carboxylic acids is 4. The van der Waals surface area contributed by atoms with E-state index in [-0.39, 0.29) is 25.7 Å². The number of rotatable bonds is 63. The highest BCUT2D eigenvalue weighted by Crippen LogP contribution is 2.45. The minimum Gasteiger partial charge on any atom is -0.462 e. The van der Waals surface area contributed by atoms with Crippen molar-refractivity contribution in [3.8, 4) is 0 Å². The Morgan fingerprint density at radius 2 is 0.686 bits per heavy atom. The van der Waals surface area contributed by atoms with E-state index in [1.807, 2.05) is 0 Å². The smallest absolute Gasteiger partial charge is 0.462 e. The monoisotopic (exact) mass is 1260 g/mol. The standard InChI is InChI=1S/C67H126O17P2/c1-8-11-12-13-14-15-16-17-18-19-20-21-25-36-43-50-66(71)83-62(54-77-64(69)48-41-34-29-27-32-39-46-59(6)9-2)56-81-85(73,74)79-52-61(68)53-80-86(75,76)82-57-63(55-78-65(70)49-42-35-30-28-33-40-47-60(7)10-3)84-67(72)51-44-37-26-23-22-24-31-38-45-58(4)5/h15-18,58-63,68H,8-14,19-57H2,1-7H3,(H,73,74)(H,75,76)/b16-15-,18-17-/t59?,60?,61-,62-,63-/m1/s1. The summed E-state index contributed by atoms with van der Waals surface area (Å²) in [5.74, 6) is 0.00732. The lowest BCUT2D eigenvalue weighted by Crippen LogP contribution is -2.30. The minimum absolute atomic E-state index is 0.0834. The summed E-state index contributed by atoms with van der Waals surface area (Å²) >= 11 is 0. The maximum absolute atomic E-state index is 13.0. The van der Waals surface area contributed by atoms with E-state index in [1.165, 1.54) is 89.9 Å². The number of phosphoric ester groups is 2. The molecule has 0 spiro atoms. The summed E-state index contributed by atoms with van der Waals surface area (Å²) in [6.45, 7) is 11.6. The van der Waals surface area contributed by atoms with Crippen molar-refractivity contribution in [2.45, 2.75) is 324 Å². The molecule has 0 aliphatic carbocycles. The first-order valence-electron chi connectivity index (χ1n) is 34.2. The number of carbonyl (C=O) groups is 4. The molecule has 17 nitrogen and oxygen atoms in total. The minimum atomic E-state index is -4.96. The van der Waals surface area contributed by atoms with Gasteiger partial charge in [0.25, 0.3) is 0 Å². The summed E-state index contributed by atoms with van der Waals surface area (Å²) < 4.78 is 68.1. The van der Waals surface area contributed by atoms with Gasteiger partial charge in [-0.1, -0.05) is 253 Å². The summed E-state index contributed by atoms with van der Waals surface area (Å²) in [6, 6.07) is 0. The number of ether oxygens (including phenoxy) is 4. The number of hydrogen-bond acceptors (Lipinski definition) is 15. The molecule has 0 aromatic carbocycles. The van der Waals surface area contributed by atoms with Crippen molar-refractivity contribution in [1.29, 1.82) is 0 Å². The van der Waals surface area contributed by atoms with Gasteiger partial charge in [0.1, 0.15) is 19.3 Å². The third-order valence-electron chi connectivity index (χ3n) is 15.5. The Balaban J connectivity index is 5.29. The van der Waals surface area contributed by atoms with Crippen molar-refractivity contribution < 1.29 is 80.2 Å². The van der Waals surface area contributed by atoms with E-state index in [0.29, 0.717) is 31.6 Å². The van der Waals surface area contributed by atoms with Crippen LogP contribution in [-0.2, 0) is 65.4 Å². The molecule has 0 aromatic rings. The predicted molar refractivity (Wildman–Crippen MR) is 344 cm³/mol. The molecule has 3 N–H and O–H groups in total. The van der Waals surface area contributed by atoms with E-state index in [2.05, 4.69) is 72.8 Å². The zero-order valence-electron chi connectivity index (χ0n) is 55.3. The van der Waals surface area contributed by atoms with Crippen LogP contribution in [0.15, 0.2) is 24.3 Å². The largest absolute Gasteiger partial charge is 0.472 e. The van der Waals surface area contributed by atoms with Crippen molar-refractivity contribution in [2.24, 2.45) is 17.8 Å². The topological polar surface area (TPSA) is 237 Å². The number of aliphatic hydroxyl groups is 1. The van der Waals surface area contributed by atoms with Gasteiger partial charge in [-0.15, -0.1) is 0 Å². The normalized spacial score (nSPS) is 15.1. The van der Waals surface area contributed by atoms with Crippen LogP contribution in [0.2, 0.25) is 0 Å². The van der Waals surface area contributed by atoms with Gasteiger partial charge in [-0.25, -0.2) is 9.13 Å². The molecule has 0 rings (SSSR count). The first-order chi connectivity index (χ1) is 41.3. The van der Waals surface area contributed by atoms with E-state index in [9.17, 15) is 43.2 Å². The summed E-state index contributed by atoms with van der Waals surface area (Å²) in [6.07, 6.45) is 42.6. The van der Waals surface area contributed by atoms with E-state index in [1.54, 1.807) is 0 Å². The maximum atomic E-state index is 13.0. The molecular formula is C67H126O17P2. The molecular weight excluding hydrogens is 1140 g/mol. The first kappa shape index (κ1) is 83.5. The van der Waals surface area contributed by atoms with Gasteiger partial charge in [0.2, 0.25) is 0 Å². The lowest BCUT2D eigenvalue weighted by Gasteiger charge is -2.21. The van der Waals surface area contributed by atoms with Crippen LogP contribution >= 0.6 is 15.6 Å². The Morgan fingerprint density at radius 3 is 1.03 bits per heavy atom. The molecule has 0 heterocycles. The molecule has 0 aliphatic heterocycles. The molecule has 7 atom stereocenters. The van der Waals surface area contributed by atoms with Crippen LogP contribution in [-0.4, -0.2) is 96.7 Å². The van der Waals surface area contributed by atoms with Crippen LogP contribution in [0.25, 0.3) is 0 Å². The number of phosphoric acid groups is 2. The zero-order chi connectivity index (χ0) is 63.8. The number of allylic oxidation sites excluding steroid dienone is 4. The Labute approximate surface area is 522 Å². The highest BCUT2D eigenvalue weighted by Gasteiger charge is 2.30. The average Bonchev–Trinajstić information content (AvgIpc) is 3.65. The van der Waals surface area contributed by atoms with Crippen LogP contribution in [0.5, 0.6) is 0 Å². The SMILES string of the molecule is CCCCCC/C=C\C=C/CCCCCCCC(=O)O[C@H](COC(=O)CCCCCCCCC(C)CC)COP(=O)(O)OC[C@@H](O)COP(=O)(O)OC[C@@H](COC(=O)CCCCCCCCC(C)CC)OC(=O)CCCCCCCCCCC(C)C. The molecule has 0 fully saturated rings. The van der Waals surface area contributed by atoms with Gasteiger partial charge in [-0.2, -0.15) is 0 Å². The van der Waals surface area contributed by atoms with Crippen molar-refractivity contribution in [1.82, 2.24) is 0 Å². The van der Waals surface area contributed by atoms with Gasteiger partial charge < -0.3 is 33.8 Å². The molecule has 0 amide bonds. The zero-order valence-corrected chi connectivity index (χ0v) is 57.0. The van der Waals surface area contributed by atoms with Gasteiger partial charge in [0.15, 0.2) is 12.2 Å². The van der Waals surface area contributed by atoms with Crippen molar-refractivity contribution in [3.63, 3.8) is 0 Å². The third kappa shape index (κ3) is 57.9. The second-order valence-electron chi connectivity index (χ2n) is 24.5. The molecule has 0 saturated heterocycles. The third-order valence-corrected chi connectivity index (χ3v) is 17.4. The Morgan fingerprint density at radius 1 is 0.384 bits per heavy atom. The van der Waals surface area contributed by atoms with Gasteiger partial charge >= 0.3 is 39.5 Å². The summed E-state index contributed by atoms with van der Waals surface area (Å²) in [5.41, 5.74) is 0. The number of unbranched alkanes of at least 4 members (excludes halogenated alkanes) is 26. The maximum Gasteiger partial charge on any atom is 0.472 e. The lowest BCUT2D eigenvalue weighted by atomic mass is 10.00. The number of hydrogen-bond donors (Lipinski definition) is 3. The summed E-state index contributed by atoms with van der Waals surface area (Å²) in [4.78, 5) is 72.3. The lowest BCUT2D eigenvalue weighted by molar-refractivity contribution is -0.161. The molecule has 4 unspecified atom stereocenters. The van der Waals surface area contributed by atoms with Crippen LogP contribution in [0.4, 0.5) is 0 Å². The number of esters is 4. The quantitative estimate of drug-likeness (QED) is 0.0169. The fourth-order valence-electron chi connectivity index (χ4n) is 9.41. The molecule has 86 heavy (non-hydrogen) atoms.